The Morgan fingerprint density at radius 2 is 1.66 bits per heavy atom. The second-order valence-corrected chi connectivity index (χ2v) is 14.3. The topological polar surface area (TPSA) is 28.1 Å². The van der Waals surface area contributed by atoms with Crippen LogP contribution in [0.5, 0.6) is 5.75 Å². The fourth-order valence-electron chi connectivity index (χ4n) is 9.12. The Labute approximate surface area is 294 Å². The lowest BCUT2D eigenvalue weighted by Gasteiger charge is -2.39. The van der Waals surface area contributed by atoms with Gasteiger partial charge in [0.05, 0.1) is 23.5 Å². The van der Waals surface area contributed by atoms with Crippen LogP contribution in [0.15, 0.2) is 162 Å². The van der Waals surface area contributed by atoms with Gasteiger partial charge in [-0.15, -0.1) is 0 Å². The second-order valence-electron chi connectivity index (χ2n) is 14.3. The van der Waals surface area contributed by atoms with Gasteiger partial charge >= 0.3 is 0 Å². The molecular formula is C46H39N3O. The van der Waals surface area contributed by atoms with Gasteiger partial charge in [0.2, 0.25) is 0 Å². The highest BCUT2D eigenvalue weighted by molar-refractivity contribution is 6.02. The number of benzene rings is 4. The summed E-state index contributed by atoms with van der Waals surface area (Å²) >= 11 is 0. The molecule has 50 heavy (non-hydrogen) atoms. The molecule has 3 aliphatic carbocycles. The van der Waals surface area contributed by atoms with Crippen molar-refractivity contribution in [2.75, 3.05) is 9.80 Å². The third-order valence-corrected chi connectivity index (χ3v) is 11.5. The van der Waals surface area contributed by atoms with Gasteiger partial charge in [-0.05, 0) is 90.2 Å². The maximum absolute atomic E-state index is 6.52. The summed E-state index contributed by atoms with van der Waals surface area (Å²) in [5.74, 6) is 3.47. The summed E-state index contributed by atoms with van der Waals surface area (Å²) < 4.78 is 6.52. The summed E-state index contributed by atoms with van der Waals surface area (Å²) in [5.41, 5.74) is 11.3. The molecule has 4 nitrogen and oxygen atoms in total. The standard InChI is InChI=1S/C46H39N3O/c1-3-44-47-39-16-8-10-18-41(39)48(44)33-23-20-30(21-24-33)35-15-11-19-43-45(35)37-28-31(22-25-42(37)50-43)32-26-27-46(2)38(29-32)36-14-7-9-17-40(36)49(46)34-12-5-4-6-13-34/h4-26,28-29,35,39,41,45H,3,27H2,1-2H3. The molecule has 3 aliphatic heterocycles. The van der Waals surface area contributed by atoms with Gasteiger partial charge in [-0.3, -0.25) is 4.99 Å². The SMILES string of the molecule is CCC1=NC2C=CC=CC2N1c1ccc(C2C=CC=C3Oc4ccc(C5=CCC6(C)C(=C5)c5ccccc5N6c5ccccc5)cc4C32)cc1. The van der Waals surface area contributed by atoms with E-state index < -0.39 is 0 Å². The van der Waals surface area contributed by atoms with Crippen LogP contribution < -0.4 is 14.5 Å². The smallest absolute Gasteiger partial charge is 0.130 e. The lowest BCUT2D eigenvalue weighted by Crippen LogP contribution is -2.40. The molecule has 6 aliphatic rings. The van der Waals surface area contributed by atoms with Crippen LogP contribution in [0.4, 0.5) is 17.1 Å². The number of amidine groups is 1. The van der Waals surface area contributed by atoms with Gasteiger partial charge in [0.25, 0.3) is 0 Å². The molecule has 5 atom stereocenters. The summed E-state index contributed by atoms with van der Waals surface area (Å²) in [6.07, 6.45) is 22.1. The average molecular weight is 650 g/mol. The van der Waals surface area contributed by atoms with Crippen molar-refractivity contribution in [3.05, 3.63) is 180 Å². The Morgan fingerprint density at radius 3 is 2.52 bits per heavy atom. The van der Waals surface area contributed by atoms with Gasteiger partial charge in [0, 0.05) is 40.5 Å². The molecule has 0 bridgehead atoms. The minimum Gasteiger partial charge on any atom is -0.461 e. The molecule has 4 aromatic carbocycles. The Morgan fingerprint density at radius 1 is 0.840 bits per heavy atom. The third-order valence-electron chi connectivity index (χ3n) is 11.5. The first-order valence-corrected chi connectivity index (χ1v) is 18.0. The minimum absolute atomic E-state index is 0.138. The van der Waals surface area contributed by atoms with E-state index in [-0.39, 0.29) is 29.5 Å². The van der Waals surface area contributed by atoms with Crippen LogP contribution in [0.25, 0.3) is 11.1 Å². The number of hydrogen-bond acceptors (Lipinski definition) is 4. The van der Waals surface area contributed by atoms with Crippen LogP contribution in [0.3, 0.4) is 0 Å². The van der Waals surface area contributed by atoms with E-state index in [4.69, 9.17) is 9.73 Å². The molecule has 0 spiro atoms. The van der Waals surface area contributed by atoms with E-state index in [1.54, 1.807) is 0 Å². The Balaban J connectivity index is 0.972. The quantitative estimate of drug-likeness (QED) is 0.215. The van der Waals surface area contributed by atoms with Crippen molar-refractivity contribution in [3.8, 4) is 5.75 Å². The number of nitrogens with zero attached hydrogens (tertiary/aromatic N) is 3. The first-order valence-electron chi connectivity index (χ1n) is 18.0. The number of ether oxygens (including phenoxy) is 1. The fourth-order valence-corrected chi connectivity index (χ4v) is 9.12. The van der Waals surface area contributed by atoms with Crippen molar-refractivity contribution < 1.29 is 4.74 Å². The lowest BCUT2D eigenvalue weighted by atomic mass is 9.77. The van der Waals surface area contributed by atoms with E-state index in [0.717, 1.165) is 30.2 Å². The number of anilines is 3. The molecule has 0 fully saturated rings. The monoisotopic (exact) mass is 649 g/mol. The van der Waals surface area contributed by atoms with Gasteiger partial charge in [-0.1, -0.05) is 104 Å². The van der Waals surface area contributed by atoms with Crippen LogP contribution in [0, 0.1) is 0 Å². The molecule has 4 heteroatoms. The number of rotatable bonds is 5. The largest absolute Gasteiger partial charge is 0.461 e. The zero-order chi connectivity index (χ0) is 33.4. The number of para-hydroxylation sites is 2. The zero-order valence-electron chi connectivity index (χ0n) is 28.4. The maximum atomic E-state index is 6.52. The summed E-state index contributed by atoms with van der Waals surface area (Å²) in [5, 5.41) is 0. The first kappa shape index (κ1) is 29.3. The highest BCUT2D eigenvalue weighted by Gasteiger charge is 2.46. The van der Waals surface area contributed by atoms with Crippen molar-refractivity contribution in [2.24, 2.45) is 4.99 Å². The van der Waals surface area contributed by atoms with Crippen molar-refractivity contribution in [3.63, 3.8) is 0 Å². The molecule has 4 aromatic rings. The van der Waals surface area contributed by atoms with E-state index in [2.05, 4.69) is 175 Å². The molecule has 244 valence electrons. The zero-order valence-corrected chi connectivity index (χ0v) is 28.4. The Kier molecular flexibility index (Phi) is 6.57. The van der Waals surface area contributed by atoms with Crippen LogP contribution in [0.1, 0.15) is 60.8 Å². The number of hydrogen-bond donors (Lipinski definition) is 0. The molecule has 0 saturated carbocycles. The number of fused-ring (bicyclic) bond motifs is 7. The molecule has 3 heterocycles. The summed E-state index contributed by atoms with van der Waals surface area (Å²) in [6, 6.07) is 36.1. The normalized spacial score (nSPS) is 26.6. The van der Waals surface area contributed by atoms with E-state index in [0.29, 0.717) is 0 Å². The summed E-state index contributed by atoms with van der Waals surface area (Å²) in [6.45, 7) is 4.58. The maximum Gasteiger partial charge on any atom is 0.130 e. The van der Waals surface area contributed by atoms with Crippen LogP contribution in [-0.2, 0) is 0 Å². The van der Waals surface area contributed by atoms with Crippen molar-refractivity contribution in [1.82, 2.24) is 0 Å². The third kappa shape index (κ3) is 4.34. The molecule has 5 unspecified atom stereocenters. The Hall–Kier alpha value is -5.61. The first-order chi connectivity index (χ1) is 24.6. The van der Waals surface area contributed by atoms with Crippen molar-refractivity contribution in [1.29, 1.82) is 0 Å². The summed E-state index contributed by atoms with van der Waals surface area (Å²) in [4.78, 5) is 9.96. The van der Waals surface area contributed by atoms with Crippen molar-refractivity contribution in [2.45, 2.75) is 56.1 Å². The molecule has 0 N–H and O–H groups in total. The highest BCUT2D eigenvalue weighted by atomic mass is 16.5. The van der Waals surface area contributed by atoms with Crippen molar-refractivity contribution >= 4 is 34.0 Å². The highest BCUT2D eigenvalue weighted by Crippen LogP contribution is 2.56. The summed E-state index contributed by atoms with van der Waals surface area (Å²) in [7, 11) is 0. The van der Waals surface area contributed by atoms with E-state index in [1.807, 2.05) is 0 Å². The lowest BCUT2D eigenvalue weighted by molar-refractivity contribution is 0.416. The molecule has 0 saturated heterocycles. The van der Waals surface area contributed by atoms with Crippen LogP contribution in [0.2, 0.25) is 0 Å². The second kappa shape index (κ2) is 11.2. The minimum atomic E-state index is -0.153. The van der Waals surface area contributed by atoms with Crippen LogP contribution >= 0.6 is 0 Å². The van der Waals surface area contributed by atoms with Gasteiger partial charge in [0.15, 0.2) is 0 Å². The predicted octanol–water partition coefficient (Wildman–Crippen LogP) is 10.7. The van der Waals surface area contributed by atoms with Gasteiger partial charge < -0.3 is 14.5 Å². The van der Waals surface area contributed by atoms with E-state index in [9.17, 15) is 0 Å². The van der Waals surface area contributed by atoms with E-state index >= 15 is 0 Å². The average Bonchev–Trinajstić information content (AvgIpc) is 3.82. The number of aliphatic imine (C=N–C) groups is 1. The van der Waals surface area contributed by atoms with Crippen LogP contribution in [-0.4, -0.2) is 23.5 Å². The number of allylic oxidation sites excluding steroid dienone is 8. The Bertz CT molecular complexity index is 2250. The molecule has 10 rings (SSSR count). The van der Waals surface area contributed by atoms with E-state index in [1.165, 1.54) is 50.5 Å². The predicted molar refractivity (Wildman–Crippen MR) is 206 cm³/mol. The fraction of sp³-hybridized carbons (Fsp3) is 0.196. The van der Waals surface area contributed by atoms with Gasteiger partial charge in [-0.25, -0.2) is 0 Å². The molecule has 0 radical (unpaired) electrons. The molecule has 0 aromatic heterocycles. The molecular weight excluding hydrogens is 611 g/mol. The van der Waals surface area contributed by atoms with Gasteiger partial charge in [0.1, 0.15) is 17.3 Å². The molecule has 0 amide bonds. The van der Waals surface area contributed by atoms with Gasteiger partial charge in [-0.2, -0.15) is 0 Å².